The summed E-state index contributed by atoms with van der Waals surface area (Å²) in [6.45, 7) is 2.33. The molecule has 2 rings (SSSR count). The molecule has 0 unspecified atom stereocenters. The molecule has 6 heteroatoms. The molecule has 0 saturated carbocycles. The number of benzene rings is 2. The number of amides is 1. The molecule has 0 fully saturated rings. The highest BCUT2D eigenvalue weighted by Crippen LogP contribution is 2.27. The second kappa shape index (κ2) is 9.19. The Morgan fingerprint density at radius 2 is 1.92 bits per heavy atom. The van der Waals surface area contributed by atoms with E-state index < -0.39 is 0 Å². The van der Waals surface area contributed by atoms with E-state index in [1.165, 1.54) is 6.21 Å². The Balaban J connectivity index is 1.86. The third-order valence-corrected chi connectivity index (χ3v) is 3.00. The molecule has 0 spiro atoms. The Kier molecular flexibility index (Phi) is 6.64. The van der Waals surface area contributed by atoms with Gasteiger partial charge in [0, 0.05) is 0 Å². The molecule has 0 heterocycles. The number of hydrazone groups is 1. The number of methoxy groups -OCH3 is 1. The third-order valence-electron chi connectivity index (χ3n) is 3.00. The van der Waals surface area contributed by atoms with E-state index in [2.05, 4.69) is 10.5 Å². The van der Waals surface area contributed by atoms with Gasteiger partial charge in [-0.25, -0.2) is 5.43 Å². The van der Waals surface area contributed by atoms with Crippen molar-refractivity contribution >= 4 is 12.1 Å². The molecule has 1 N–H and O–H groups in total. The van der Waals surface area contributed by atoms with Crippen molar-refractivity contribution in [1.29, 1.82) is 0 Å². The lowest BCUT2D eigenvalue weighted by Gasteiger charge is -2.09. The molecule has 126 valence electrons. The van der Waals surface area contributed by atoms with Gasteiger partial charge in [0.2, 0.25) is 0 Å². The molecule has 2 aromatic carbocycles. The van der Waals surface area contributed by atoms with Crippen molar-refractivity contribution in [3.05, 3.63) is 54.1 Å². The van der Waals surface area contributed by atoms with E-state index in [0.717, 1.165) is 5.56 Å². The number of nitrogens with one attached hydrogen (secondary N) is 1. The Hall–Kier alpha value is -3.02. The minimum Gasteiger partial charge on any atom is -0.493 e. The first-order chi connectivity index (χ1) is 11.7. The molecule has 0 aliphatic carbocycles. The van der Waals surface area contributed by atoms with Crippen LogP contribution in [-0.4, -0.2) is 32.4 Å². The van der Waals surface area contributed by atoms with Crippen LogP contribution in [0.25, 0.3) is 0 Å². The summed E-state index contributed by atoms with van der Waals surface area (Å²) in [4.78, 5) is 11.7. The Bertz CT molecular complexity index is 687. The average Bonchev–Trinajstić information content (AvgIpc) is 2.61. The molecule has 2 aromatic rings. The number of ether oxygens (including phenoxy) is 3. The van der Waals surface area contributed by atoms with E-state index in [4.69, 9.17) is 14.2 Å². The summed E-state index contributed by atoms with van der Waals surface area (Å²) in [5.41, 5.74) is 3.20. The van der Waals surface area contributed by atoms with Crippen molar-refractivity contribution in [3.8, 4) is 17.2 Å². The number of nitrogens with zero attached hydrogens (tertiary/aromatic N) is 1. The summed E-state index contributed by atoms with van der Waals surface area (Å²) in [7, 11) is 1.58. The number of hydrogen-bond donors (Lipinski definition) is 1. The second-order valence-corrected chi connectivity index (χ2v) is 4.74. The van der Waals surface area contributed by atoms with E-state index in [-0.39, 0.29) is 12.5 Å². The van der Waals surface area contributed by atoms with E-state index in [0.29, 0.717) is 23.9 Å². The third kappa shape index (κ3) is 5.31. The van der Waals surface area contributed by atoms with Crippen molar-refractivity contribution in [3.63, 3.8) is 0 Å². The van der Waals surface area contributed by atoms with Crippen LogP contribution >= 0.6 is 0 Å². The van der Waals surface area contributed by atoms with Crippen LogP contribution in [0, 0.1) is 0 Å². The zero-order chi connectivity index (χ0) is 17.2. The van der Waals surface area contributed by atoms with Crippen molar-refractivity contribution in [2.24, 2.45) is 5.10 Å². The first-order valence-corrected chi connectivity index (χ1v) is 7.53. The highest BCUT2D eigenvalue weighted by molar-refractivity contribution is 5.83. The first kappa shape index (κ1) is 17.3. The number of hydrogen-bond acceptors (Lipinski definition) is 5. The van der Waals surface area contributed by atoms with Gasteiger partial charge in [-0.05, 0) is 42.8 Å². The van der Waals surface area contributed by atoms with Crippen molar-refractivity contribution < 1.29 is 19.0 Å². The fraction of sp³-hybridized carbons (Fsp3) is 0.222. The van der Waals surface area contributed by atoms with E-state index >= 15 is 0 Å². The molecule has 0 aliphatic rings. The largest absolute Gasteiger partial charge is 0.493 e. The Morgan fingerprint density at radius 3 is 2.62 bits per heavy atom. The summed E-state index contributed by atoms with van der Waals surface area (Å²) in [5.74, 6) is 1.57. The van der Waals surface area contributed by atoms with Crippen LogP contribution in [0.3, 0.4) is 0 Å². The van der Waals surface area contributed by atoms with Gasteiger partial charge in [-0.2, -0.15) is 5.10 Å². The highest BCUT2D eigenvalue weighted by atomic mass is 16.5. The summed E-state index contributed by atoms with van der Waals surface area (Å²) in [6, 6.07) is 14.5. The number of rotatable bonds is 8. The Labute approximate surface area is 141 Å². The van der Waals surface area contributed by atoms with E-state index in [1.54, 1.807) is 31.4 Å². The SMILES string of the molecule is CCOc1cc(/C=N\NC(=O)COc2ccccc2)ccc1OC. The molecule has 0 bridgehead atoms. The van der Waals surface area contributed by atoms with Crippen LogP contribution in [-0.2, 0) is 4.79 Å². The molecule has 0 atom stereocenters. The number of para-hydroxylation sites is 1. The van der Waals surface area contributed by atoms with Gasteiger partial charge >= 0.3 is 0 Å². The highest BCUT2D eigenvalue weighted by Gasteiger charge is 2.04. The predicted octanol–water partition coefficient (Wildman–Crippen LogP) is 2.62. The molecular formula is C18H20N2O4. The number of carbonyl (C=O) groups is 1. The summed E-state index contributed by atoms with van der Waals surface area (Å²) < 4.78 is 16.0. The maximum Gasteiger partial charge on any atom is 0.277 e. The van der Waals surface area contributed by atoms with Gasteiger partial charge in [-0.3, -0.25) is 4.79 Å². The zero-order valence-corrected chi connectivity index (χ0v) is 13.7. The molecular weight excluding hydrogens is 308 g/mol. The summed E-state index contributed by atoms with van der Waals surface area (Å²) in [6.07, 6.45) is 1.53. The fourth-order valence-electron chi connectivity index (χ4n) is 1.92. The molecule has 6 nitrogen and oxygen atoms in total. The van der Waals surface area contributed by atoms with Crippen LogP contribution in [0.15, 0.2) is 53.6 Å². The average molecular weight is 328 g/mol. The van der Waals surface area contributed by atoms with Crippen molar-refractivity contribution in [2.45, 2.75) is 6.92 Å². The van der Waals surface area contributed by atoms with Crippen LogP contribution in [0.5, 0.6) is 17.2 Å². The van der Waals surface area contributed by atoms with Crippen molar-refractivity contribution in [2.75, 3.05) is 20.3 Å². The summed E-state index contributed by atoms with van der Waals surface area (Å²) >= 11 is 0. The lowest BCUT2D eigenvalue weighted by molar-refractivity contribution is -0.123. The zero-order valence-electron chi connectivity index (χ0n) is 13.7. The number of carbonyl (C=O) groups excluding carboxylic acids is 1. The molecule has 24 heavy (non-hydrogen) atoms. The van der Waals surface area contributed by atoms with Crippen LogP contribution in [0.2, 0.25) is 0 Å². The lowest BCUT2D eigenvalue weighted by atomic mass is 10.2. The van der Waals surface area contributed by atoms with Gasteiger partial charge in [0.05, 0.1) is 19.9 Å². The topological polar surface area (TPSA) is 69.2 Å². The van der Waals surface area contributed by atoms with Gasteiger partial charge in [-0.15, -0.1) is 0 Å². The van der Waals surface area contributed by atoms with Crippen LogP contribution < -0.4 is 19.6 Å². The standard InChI is InChI=1S/C18H20N2O4/c1-3-23-17-11-14(9-10-16(17)22-2)12-19-20-18(21)13-24-15-7-5-4-6-8-15/h4-12H,3,13H2,1-2H3,(H,20,21)/b19-12-. The smallest absolute Gasteiger partial charge is 0.277 e. The van der Waals surface area contributed by atoms with E-state index in [1.807, 2.05) is 31.2 Å². The molecule has 0 saturated heterocycles. The Morgan fingerprint density at radius 1 is 1.12 bits per heavy atom. The van der Waals surface area contributed by atoms with Gasteiger partial charge in [0.15, 0.2) is 18.1 Å². The maximum atomic E-state index is 11.7. The maximum absolute atomic E-state index is 11.7. The molecule has 0 radical (unpaired) electrons. The minimum absolute atomic E-state index is 0.103. The van der Waals surface area contributed by atoms with Gasteiger partial charge in [-0.1, -0.05) is 18.2 Å². The molecule has 1 amide bonds. The van der Waals surface area contributed by atoms with E-state index in [9.17, 15) is 4.79 Å². The van der Waals surface area contributed by atoms with Gasteiger partial charge in [0.1, 0.15) is 5.75 Å². The predicted molar refractivity (Wildman–Crippen MR) is 91.8 cm³/mol. The molecule has 0 aliphatic heterocycles. The fourth-order valence-corrected chi connectivity index (χ4v) is 1.92. The quantitative estimate of drug-likeness (QED) is 0.597. The van der Waals surface area contributed by atoms with Crippen LogP contribution in [0.1, 0.15) is 12.5 Å². The first-order valence-electron chi connectivity index (χ1n) is 7.53. The monoisotopic (exact) mass is 328 g/mol. The normalized spacial score (nSPS) is 10.4. The van der Waals surface area contributed by atoms with Crippen molar-refractivity contribution in [1.82, 2.24) is 5.43 Å². The lowest BCUT2D eigenvalue weighted by Crippen LogP contribution is -2.24. The minimum atomic E-state index is -0.339. The summed E-state index contributed by atoms with van der Waals surface area (Å²) in [5, 5.41) is 3.91. The van der Waals surface area contributed by atoms with Gasteiger partial charge in [0.25, 0.3) is 5.91 Å². The molecule has 0 aromatic heterocycles. The second-order valence-electron chi connectivity index (χ2n) is 4.74. The van der Waals surface area contributed by atoms with Gasteiger partial charge < -0.3 is 14.2 Å². The van der Waals surface area contributed by atoms with Crippen LogP contribution in [0.4, 0.5) is 0 Å².